The van der Waals surface area contributed by atoms with Crippen LogP contribution in [-0.2, 0) is 18.5 Å². The van der Waals surface area contributed by atoms with Gasteiger partial charge in [-0.05, 0) is 41.0 Å². The zero-order valence-electron chi connectivity index (χ0n) is 15.7. The highest BCUT2D eigenvalue weighted by Crippen LogP contribution is 2.54. The van der Waals surface area contributed by atoms with E-state index in [9.17, 15) is 0 Å². The molecular weight excluding hydrogens is 327 g/mol. The van der Waals surface area contributed by atoms with Crippen LogP contribution < -0.4 is 0 Å². The van der Waals surface area contributed by atoms with Gasteiger partial charge in [0.15, 0.2) is 0 Å². The Kier molecular flexibility index (Phi) is 7.01. The monoisotopic (exact) mass is 358 g/mol. The Morgan fingerprint density at radius 2 is 2.00 bits per heavy atom. The molecule has 0 saturated carbocycles. The highest BCUT2D eigenvalue weighted by Gasteiger charge is 2.61. The number of ether oxygens (including phenoxy) is 2. The van der Waals surface area contributed by atoms with Gasteiger partial charge >= 0.3 is 0 Å². The quantitative estimate of drug-likeness (QED) is 0.463. The van der Waals surface area contributed by atoms with Gasteiger partial charge in [-0.25, -0.2) is 4.67 Å². The van der Waals surface area contributed by atoms with Gasteiger partial charge in [-0.1, -0.05) is 6.92 Å². The van der Waals surface area contributed by atoms with Gasteiger partial charge in [-0.3, -0.25) is 0 Å². The molecule has 0 amide bonds. The lowest BCUT2D eigenvalue weighted by atomic mass is 9.96. The van der Waals surface area contributed by atoms with Crippen LogP contribution >= 0.6 is 8.53 Å². The van der Waals surface area contributed by atoms with Gasteiger partial charge in [0, 0.05) is 12.1 Å². The summed E-state index contributed by atoms with van der Waals surface area (Å²) in [6.45, 7) is 13.7. The van der Waals surface area contributed by atoms with E-state index >= 15 is 0 Å². The molecule has 24 heavy (non-hydrogen) atoms. The molecule has 2 fully saturated rings. The van der Waals surface area contributed by atoms with Gasteiger partial charge in [0.05, 0.1) is 31.8 Å². The summed E-state index contributed by atoms with van der Waals surface area (Å²) in [4.78, 5) is 0. The number of fused-ring (bicyclic) bond motifs is 2. The smallest absolute Gasteiger partial charge is 0.259 e. The topological polar surface area (TPSA) is 64.0 Å². The van der Waals surface area contributed by atoms with Crippen molar-refractivity contribution in [3.63, 3.8) is 0 Å². The molecule has 0 N–H and O–H groups in total. The summed E-state index contributed by atoms with van der Waals surface area (Å²) in [5.41, 5.74) is -0.372. The third-order valence-corrected chi connectivity index (χ3v) is 6.80. The molecule has 0 aliphatic carbocycles. The molecule has 2 rings (SSSR count). The van der Waals surface area contributed by atoms with Crippen LogP contribution in [0.15, 0.2) is 0 Å². The lowest BCUT2D eigenvalue weighted by Crippen LogP contribution is -2.42. The SMILES string of the molecule is CCC12COC([C@H](C)O1)[C@@H]2OP(OCCC#N)N(C(C)C)C(C)C. The molecule has 138 valence electrons. The summed E-state index contributed by atoms with van der Waals surface area (Å²) in [7, 11) is -1.27. The van der Waals surface area contributed by atoms with E-state index in [1.165, 1.54) is 0 Å². The number of nitriles is 1. The molecular formula is C17H31N2O4P. The Morgan fingerprint density at radius 3 is 2.50 bits per heavy atom. The molecule has 2 heterocycles. The summed E-state index contributed by atoms with van der Waals surface area (Å²) < 4.78 is 26.9. The van der Waals surface area contributed by atoms with Crippen molar-refractivity contribution < 1.29 is 18.5 Å². The summed E-state index contributed by atoms with van der Waals surface area (Å²) in [5.74, 6) is 0. The lowest BCUT2D eigenvalue weighted by Gasteiger charge is -2.38. The van der Waals surface area contributed by atoms with Gasteiger partial charge in [-0.2, -0.15) is 5.26 Å². The highest BCUT2D eigenvalue weighted by atomic mass is 31.2. The van der Waals surface area contributed by atoms with Crippen molar-refractivity contribution in [1.29, 1.82) is 5.26 Å². The van der Waals surface area contributed by atoms with E-state index in [0.717, 1.165) is 6.42 Å². The third kappa shape index (κ3) is 3.93. The lowest BCUT2D eigenvalue weighted by molar-refractivity contribution is -0.139. The summed E-state index contributed by atoms with van der Waals surface area (Å²) in [6.07, 6.45) is 1.08. The molecule has 0 aromatic heterocycles. The first-order valence-corrected chi connectivity index (χ1v) is 10.0. The van der Waals surface area contributed by atoms with E-state index in [4.69, 9.17) is 23.8 Å². The third-order valence-electron chi connectivity index (χ3n) is 4.68. The number of nitrogens with zero attached hydrogens (tertiary/aromatic N) is 2. The second-order valence-corrected chi connectivity index (χ2v) is 8.50. The molecule has 2 saturated heterocycles. The first-order chi connectivity index (χ1) is 11.4. The number of hydrogen-bond donors (Lipinski definition) is 0. The fourth-order valence-electron chi connectivity index (χ4n) is 3.56. The molecule has 0 aromatic rings. The molecule has 0 spiro atoms. The Hall–Kier alpha value is -0.280. The second kappa shape index (κ2) is 8.40. The molecule has 6 nitrogen and oxygen atoms in total. The van der Waals surface area contributed by atoms with Crippen molar-refractivity contribution >= 4 is 8.53 Å². The molecule has 0 aromatic carbocycles. The van der Waals surface area contributed by atoms with Gasteiger partial charge in [0.2, 0.25) is 0 Å². The summed E-state index contributed by atoms with van der Waals surface area (Å²) in [5, 5.41) is 8.81. The molecule has 3 unspecified atom stereocenters. The van der Waals surface area contributed by atoms with Crippen molar-refractivity contribution in [1.82, 2.24) is 4.67 Å². The summed E-state index contributed by atoms with van der Waals surface area (Å²) >= 11 is 0. The van der Waals surface area contributed by atoms with Crippen LogP contribution in [0.3, 0.4) is 0 Å². The molecule has 2 aliphatic rings. The van der Waals surface area contributed by atoms with Gasteiger partial charge < -0.3 is 18.5 Å². The number of rotatable bonds is 9. The van der Waals surface area contributed by atoms with E-state index < -0.39 is 8.53 Å². The second-order valence-electron chi connectivity index (χ2n) is 7.09. The van der Waals surface area contributed by atoms with E-state index in [0.29, 0.717) is 19.6 Å². The average Bonchev–Trinajstić information content (AvgIpc) is 2.98. The van der Waals surface area contributed by atoms with Crippen LogP contribution in [0.2, 0.25) is 0 Å². The van der Waals surface area contributed by atoms with Gasteiger partial charge in [0.25, 0.3) is 8.53 Å². The zero-order valence-corrected chi connectivity index (χ0v) is 16.6. The highest BCUT2D eigenvalue weighted by molar-refractivity contribution is 7.44. The number of hydrogen-bond acceptors (Lipinski definition) is 6. The van der Waals surface area contributed by atoms with Crippen molar-refractivity contribution in [3.8, 4) is 6.07 Å². The molecule has 0 radical (unpaired) electrons. The fourth-order valence-corrected chi connectivity index (χ4v) is 5.37. The summed E-state index contributed by atoms with van der Waals surface area (Å²) in [6, 6.07) is 2.70. The maximum Gasteiger partial charge on any atom is 0.259 e. The fraction of sp³-hybridized carbons (Fsp3) is 0.941. The van der Waals surface area contributed by atoms with Crippen LogP contribution in [0.5, 0.6) is 0 Å². The Labute approximate surface area is 147 Å². The van der Waals surface area contributed by atoms with Crippen molar-refractivity contribution in [3.05, 3.63) is 0 Å². The van der Waals surface area contributed by atoms with Crippen LogP contribution in [0.25, 0.3) is 0 Å². The van der Waals surface area contributed by atoms with Crippen LogP contribution in [-0.4, -0.2) is 53.9 Å². The predicted octanol–water partition coefficient (Wildman–Crippen LogP) is 3.61. The first-order valence-electron chi connectivity index (χ1n) is 8.90. The zero-order chi connectivity index (χ0) is 17.9. The van der Waals surface area contributed by atoms with E-state index in [1.54, 1.807) is 0 Å². The predicted molar refractivity (Wildman–Crippen MR) is 93.4 cm³/mol. The Bertz CT molecular complexity index is 448. The van der Waals surface area contributed by atoms with Gasteiger partial charge in [0.1, 0.15) is 17.8 Å². The van der Waals surface area contributed by atoms with Crippen molar-refractivity contribution in [2.45, 2.75) is 90.4 Å². The Morgan fingerprint density at radius 1 is 1.33 bits per heavy atom. The maximum atomic E-state index is 8.81. The minimum absolute atomic E-state index is 0.0335. The Balaban J connectivity index is 2.17. The van der Waals surface area contributed by atoms with Crippen LogP contribution in [0, 0.1) is 11.3 Å². The average molecular weight is 358 g/mol. The molecule has 7 heteroatoms. The van der Waals surface area contributed by atoms with Crippen molar-refractivity contribution in [2.75, 3.05) is 13.2 Å². The molecule has 2 aliphatic heterocycles. The molecule has 2 bridgehead atoms. The van der Waals surface area contributed by atoms with Crippen LogP contribution in [0.4, 0.5) is 0 Å². The normalized spacial score (nSPS) is 33.6. The van der Waals surface area contributed by atoms with E-state index in [1.807, 2.05) is 6.92 Å². The van der Waals surface area contributed by atoms with E-state index in [-0.39, 0.29) is 36.0 Å². The standard InChI is InChI=1S/C17H31N2O4P/c1-7-17-11-20-15(14(6)22-17)16(17)23-24(21-10-8-9-18)19(12(2)3)13(4)5/h12-16H,7-8,10-11H2,1-6H3/t14-,15?,16-,17?,24?/m0/s1. The minimum Gasteiger partial charge on any atom is -0.370 e. The largest absolute Gasteiger partial charge is 0.370 e. The minimum atomic E-state index is -1.27. The van der Waals surface area contributed by atoms with E-state index in [2.05, 4.69) is 45.4 Å². The van der Waals surface area contributed by atoms with Crippen LogP contribution in [0.1, 0.15) is 54.4 Å². The first kappa shape index (κ1) is 20.0. The molecule has 5 atom stereocenters. The van der Waals surface area contributed by atoms with Crippen molar-refractivity contribution in [2.24, 2.45) is 0 Å². The maximum absolute atomic E-state index is 8.81. The van der Waals surface area contributed by atoms with Gasteiger partial charge in [-0.15, -0.1) is 0 Å².